The first-order valence-electron chi connectivity index (χ1n) is 12.6. The van der Waals surface area contributed by atoms with E-state index in [-0.39, 0.29) is 12.1 Å². The van der Waals surface area contributed by atoms with Crippen LogP contribution in [-0.4, -0.2) is 31.2 Å². The average Bonchev–Trinajstić information content (AvgIpc) is 2.94. The highest BCUT2D eigenvalue weighted by molar-refractivity contribution is 7.78. The zero-order chi connectivity index (χ0) is 25.9. The maximum Gasteiger partial charge on any atom is 0.178 e. The number of hydrogen-bond acceptors (Lipinski definition) is 5. The van der Waals surface area contributed by atoms with Crippen LogP contribution >= 0.6 is 7.14 Å². The van der Waals surface area contributed by atoms with Crippen molar-refractivity contribution in [2.75, 3.05) is 26.0 Å². The molecule has 0 aliphatic carbocycles. The molecular formula is C31H34NO4P. The number of aromatic hydroxyl groups is 1. The Labute approximate surface area is 219 Å². The summed E-state index contributed by atoms with van der Waals surface area (Å²) < 4.78 is 25.8. The van der Waals surface area contributed by atoms with Crippen molar-refractivity contribution in [3.8, 4) is 17.2 Å². The van der Waals surface area contributed by atoms with E-state index in [1.165, 1.54) is 5.56 Å². The molecule has 0 atom stereocenters. The van der Waals surface area contributed by atoms with Crippen LogP contribution in [0.4, 0.5) is 0 Å². The Morgan fingerprint density at radius 1 is 0.757 bits per heavy atom. The smallest absolute Gasteiger partial charge is 0.178 e. The molecular weight excluding hydrogens is 481 g/mol. The Balaban J connectivity index is 1.21. The van der Waals surface area contributed by atoms with Gasteiger partial charge in [-0.2, -0.15) is 0 Å². The lowest BCUT2D eigenvalue weighted by atomic mass is 10.1. The van der Waals surface area contributed by atoms with Crippen molar-refractivity contribution in [3.63, 3.8) is 0 Å². The van der Waals surface area contributed by atoms with E-state index >= 15 is 0 Å². The molecule has 0 saturated carbocycles. The van der Waals surface area contributed by atoms with Crippen LogP contribution in [0.3, 0.4) is 0 Å². The van der Waals surface area contributed by atoms with E-state index in [2.05, 4.69) is 17.4 Å². The number of benzene rings is 4. The van der Waals surface area contributed by atoms with Crippen LogP contribution in [0.1, 0.15) is 17.5 Å². The highest BCUT2D eigenvalue weighted by Crippen LogP contribution is 2.43. The summed E-state index contributed by atoms with van der Waals surface area (Å²) >= 11 is 0. The summed E-state index contributed by atoms with van der Waals surface area (Å²) in [6.45, 7) is 4.22. The standard InChI is InChI=1S/C31H34NO4P/c1-25-23-28(17-18-31(25)33)35-22-8-20-32-21-19-26-13-15-27(16-14-26)36-24-37(34,29-9-4-2-5-10-29)30-11-6-3-7-12-30/h2-7,9-18,23,32-33H,8,19-22,24H2,1H3. The molecule has 37 heavy (non-hydrogen) atoms. The molecule has 0 amide bonds. The Bertz CT molecular complexity index is 1250. The molecule has 0 heterocycles. The van der Waals surface area contributed by atoms with Gasteiger partial charge in [0.2, 0.25) is 0 Å². The van der Waals surface area contributed by atoms with Crippen molar-refractivity contribution in [3.05, 3.63) is 114 Å². The fourth-order valence-corrected chi connectivity index (χ4v) is 6.25. The second kappa shape index (κ2) is 13.1. The first-order valence-corrected chi connectivity index (χ1v) is 14.5. The van der Waals surface area contributed by atoms with Crippen LogP contribution in [0.5, 0.6) is 17.2 Å². The van der Waals surface area contributed by atoms with Gasteiger partial charge in [-0.05, 0) is 74.3 Å². The average molecular weight is 516 g/mol. The maximum absolute atomic E-state index is 14.1. The minimum Gasteiger partial charge on any atom is -0.508 e. The van der Waals surface area contributed by atoms with Crippen LogP contribution in [0.25, 0.3) is 0 Å². The molecule has 192 valence electrons. The van der Waals surface area contributed by atoms with Gasteiger partial charge in [-0.25, -0.2) is 0 Å². The van der Waals surface area contributed by atoms with E-state index in [4.69, 9.17) is 9.47 Å². The predicted octanol–water partition coefficient (Wildman–Crippen LogP) is 5.65. The number of nitrogens with one attached hydrogen (secondary N) is 1. The van der Waals surface area contributed by atoms with E-state index in [1.54, 1.807) is 12.1 Å². The Morgan fingerprint density at radius 2 is 1.38 bits per heavy atom. The van der Waals surface area contributed by atoms with Crippen molar-refractivity contribution in [1.29, 1.82) is 0 Å². The van der Waals surface area contributed by atoms with Crippen molar-refractivity contribution in [2.24, 2.45) is 0 Å². The number of rotatable bonds is 13. The number of phenolic OH excluding ortho intramolecular Hbond substituents is 1. The Kier molecular flexibility index (Phi) is 9.42. The van der Waals surface area contributed by atoms with Crippen LogP contribution < -0.4 is 25.4 Å². The molecule has 5 nitrogen and oxygen atoms in total. The van der Waals surface area contributed by atoms with E-state index in [1.807, 2.05) is 85.8 Å². The number of phenols is 1. The lowest BCUT2D eigenvalue weighted by Gasteiger charge is -2.20. The van der Waals surface area contributed by atoms with E-state index in [0.29, 0.717) is 12.4 Å². The number of hydrogen-bond donors (Lipinski definition) is 2. The van der Waals surface area contributed by atoms with E-state index in [0.717, 1.165) is 47.9 Å². The van der Waals surface area contributed by atoms with Crippen molar-refractivity contribution in [2.45, 2.75) is 19.8 Å². The van der Waals surface area contributed by atoms with Crippen molar-refractivity contribution >= 4 is 17.8 Å². The van der Waals surface area contributed by atoms with Gasteiger partial charge < -0.3 is 24.5 Å². The topological polar surface area (TPSA) is 67.8 Å². The fraction of sp³-hybridized carbons (Fsp3) is 0.226. The Morgan fingerprint density at radius 3 is 2.00 bits per heavy atom. The third kappa shape index (κ3) is 7.48. The number of aryl methyl sites for hydroxylation is 1. The summed E-state index contributed by atoms with van der Waals surface area (Å²) in [6.07, 6.45) is 1.92. The van der Waals surface area contributed by atoms with Gasteiger partial charge in [0.15, 0.2) is 7.14 Å². The second-order valence-corrected chi connectivity index (χ2v) is 11.7. The Hall–Kier alpha value is -3.53. The number of ether oxygens (including phenoxy) is 2. The molecule has 0 bridgehead atoms. The van der Waals surface area contributed by atoms with E-state index in [9.17, 15) is 9.67 Å². The predicted molar refractivity (Wildman–Crippen MR) is 151 cm³/mol. The third-order valence-electron chi connectivity index (χ3n) is 6.21. The molecule has 4 aromatic rings. The third-order valence-corrected chi connectivity index (χ3v) is 8.97. The molecule has 0 saturated heterocycles. The molecule has 0 radical (unpaired) electrons. The summed E-state index contributed by atoms with van der Waals surface area (Å²) in [5.74, 6) is 1.78. The zero-order valence-electron chi connectivity index (χ0n) is 21.2. The second-order valence-electron chi connectivity index (χ2n) is 8.98. The molecule has 0 aromatic heterocycles. The van der Waals surface area contributed by atoms with Crippen molar-refractivity contribution < 1.29 is 19.1 Å². The molecule has 0 spiro atoms. The fourth-order valence-electron chi connectivity index (χ4n) is 4.02. The van der Waals surface area contributed by atoms with Gasteiger partial charge in [0, 0.05) is 10.6 Å². The SMILES string of the molecule is Cc1cc(OCCCNCCc2ccc(OCP(=O)(c3ccccc3)c3ccccc3)cc2)ccc1O. The van der Waals surface area contributed by atoms with Crippen molar-refractivity contribution in [1.82, 2.24) is 5.32 Å². The van der Waals surface area contributed by atoms with Crippen LogP contribution in [-0.2, 0) is 11.0 Å². The molecule has 0 unspecified atom stereocenters. The molecule has 2 N–H and O–H groups in total. The maximum atomic E-state index is 14.1. The largest absolute Gasteiger partial charge is 0.508 e. The summed E-state index contributed by atoms with van der Waals surface area (Å²) in [4.78, 5) is 0. The highest BCUT2D eigenvalue weighted by Gasteiger charge is 2.28. The summed E-state index contributed by atoms with van der Waals surface area (Å²) in [5, 5.41) is 14.6. The van der Waals surface area contributed by atoms with Gasteiger partial charge in [-0.3, -0.25) is 0 Å². The van der Waals surface area contributed by atoms with Crippen LogP contribution in [0.15, 0.2) is 103 Å². The minimum atomic E-state index is -2.91. The monoisotopic (exact) mass is 515 g/mol. The molecule has 0 aliphatic heterocycles. The minimum absolute atomic E-state index is 0.119. The first kappa shape index (κ1) is 26.5. The quantitative estimate of drug-likeness (QED) is 0.178. The zero-order valence-corrected chi connectivity index (χ0v) is 22.1. The summed E-state index contributed by atoms with van der Waals surface area (Å²) in [5.41, 5.74) is 2.03. The van der Waals surface area contributed by atoms with Gasteiger partial charge in [-0.1, -0.05) is 72.8 Å². The summed E-state index contributed by atoms with van der Waals surface area (Å²) in [6, 6.07) is 32.5. The van der Waals surface area contributed by atoms with Gasteiger partial charge >= 0.3 is 0 Å². The molecule has 4 aromatic carbocycles. The van der Waals surface area contributed by atoms with Gasteiger partial charge in [0.1, 0.15) is 23.6 Å². The molecule has 0 aliphatic rings. The lowest BCUT2D eigenvalue weighted by molar-refractivity contribution is 0.307. The van der Waals surface area contributed by atoms with Crippen LogP contribution in [0.2, 0.25) is 0 Å². The molecule has 6 heteroatoms. The molecule has 0 fully saturated rings. The highest BCUT2D eigenvalue weighted by atomic mass is 31.2. The summed E-state index contributed by atoms with van der Waals surface area (Å²) in [7, 11) is -2.91. The van der Waals surface area contributed by atoms with Gasteiger partial charge in [-0.15, -0.1) is 0 Å². The molecule has 4 rings (SSSR count). The normalized spacial score (nSPS) is 11.3. The van der Waals surface area contributed by atoms with Crippen LogP contribution in [0, 0.1) is 6.92 Å². The van der Waals surface area contributed by atoms with Gasteiger partial charge in [0.25, 0.3) is 0 Å². The van der Waals surface area contributed by atoms with E-state index < -0.39 is 7.14 Å². The van der Waals surface area contributed by atoms with Gasteiger partial charge in [0.05, 0.1) is 6.61 Å². The lowest BCUT2D eigenvalue weighted by Crippen LogP contribution is -2.21. The first-order chi connectivity index (χ1) is 18.0.